The topological polar surface area (TPSA) is 51.7 Å². The second-order valence-electron chi connectivity index (χ2n) is 7.89. The van der Waals surface area contributed by atoms with Gasteiger partial charge in [-0.3, -0.25) is 4.79 Å². The van der Waals surface area contributed by atoms with Gasteiger partial charge in [0.05, 0.1) is 23.9 Å². The number of thiazole rings is 1. The third-order valence-electron chi connectivity index (χ3n) is 5.19. The molecule has 0 spiro atoms. The van der Waals surface area contributed by atoms with E-state index in [4.69, 9.17) is 14.5 Å². The molecule has 0 bridgehead atoms. The number of amides is 1. The summed E-state index contributed by atoms with van der Waals surface area (Å²) >= 11 is 1.76. The molecule has 1 aromatic rings. The first-order chi connectivity index (χ1) is 11.4. The average Bonchev–Trinajstić information content (AvgIpc) is 3.24. The van der Waals surface area contributed by atoms with E-state index in [2.05, 4.69) is 26.2 Å². The van der Waals surface area contributed by atoms with E-state index in [1.54, 1.807) is 18.4 Å². The summed E-state index contributed by atoms with van der Waals surface area (Å²) in [4.78, 5) is 19.6. The number of carbonyl (C=O) groups excluding carboxylic acids is 1. The number of carbonyl (C=O) groups is 1. The average molecular weight is 353 g/mol. The number of hydrogen-bond acceptors (Lipinski definition) is 5. The van der Waals surface area contributed by atoms with Crippen LogP contribution in [0.25, 0.3) is 0 Å². The molecule has 1 amide bonds. The first kappa shape index (κ1) is 17.8. The van der Waals surface area contributed by atoms with Crippen LogP contribution in [0.3, 0.4) is 0 Å². The molecule has 24 heavy (non-hydrogen) atoms. The van der Waals surface area contributed by atoms with Gasteiger partial charge in [0.25, 0.3) is 5.91 Å². The molecular formula is C18H28N2O3S. The van der Waals surface area contributed by atoms with Crippen molar-refractivity contribution in [2.45, 2.75) is 57.0 Å². The number of methoxy groups -OCH3 is 1. The van der Waals surface area contributed by atoms with E-state index in [0.717, 1.165) is 25.9 Å². The largest absolute Gasteiger partial charge is 0.378 e. The highest BCUT2D eigenvalue weighted by molar-refractivity contribution is 7.09. The van der Waals surface area contributed by atoms with Gasteiger partial charge in [0.15, 0.2) is 5.60 Å². The molecule has 0 radical (unpaired) electrons. The molecule has 0 saturated carbocycles. The Bertz CT molecular complexity index is 579. The maximum atomic E-state index is 12.8. The predicted molar refractivity (Wildman–Crippen MR) is 94.5 cm³/mol. The molecule has 0 aliphatic carbocycles. The molecule has 0 N–H and O–H groups in total. The van der Waals surface area contributed by atoms with Gasteiger partial charge in [-0.2, -0.15) is 0 Å². The normalized spacial score (nSPS) is 26.1. The third kappa shape index (κ3) is 3.37. The van der Waals surface area contributed by atoms with Crippen LogP contribution in [0.1, 0.15) is 56.7 Å². The minimum atomic E-state index is -0.757. The highest BCUT2D eigenvalue weighted by atomic mass is 32.1. The second kappa shape index (κ2) is 6.73. The van der Waals surface area contributed by atoms with E-state index < -0.39 is 5.60 Å². The number of rotatable bonds is 3. The van der Waals surface area contributed by atoms with Crippen molar-refractivity contribution in [2.75, 3.05) is 33.4 Å². The van der Waals surface area contributed by atoms with Crippen LogP contribution in [0.4, 0.5) is 0 Å². The second-order valence-corrected chi connectivity index (χ2v) is 8.78. The Morgan fingerprint density at radius 2 is 2.12 bits per heavy atom. The fourth-order valence-corrected chi connectivity index (χ4v) is 4.62. The SMILES string of the molecule is COC1(C(=O)N2CCC(c3nc(C(C)(C)C)cs3)CC2)CCOC1. The number of likely N-dealkylation sites (tertiary alicyclic amines) is 1. The van der Waals surface area contributed by atoms with Crippen molar-refractivity contribution in [3.05, 3.63) is 16.1 Å². The van der Waals surface area contributed by atoms with Gasteiger partial charge in [0.1, 0.15) is 0 Å². The van der Waals surface area contributed by atoms with Crippen LogP contribution in [0.15, 0.2) is 5.38 Å². The van der Waals surface area contributed by atoms with Crippen molar-refractivity contribution in [3.8, 4) is 0 Å². The van der Waals surface area contributed by atoms with E-state index in [-0.39, 0.29) is 11.3 Å². The number of hydrogen-bond donors (Lipinski definition) is 0. The smallest absolute Gasteiger partial charge is 0.257 e. The summed E-state index contributed by atoms with van der Waals surface area (Å²) in [5.41, 5.74) is 0.508. The van der Waals surface area contributed by atoms with Gasteiger partial charge >= 0.3 is 0 Å². The van der Waals surface area contributed by atoms with Crippen molar-refractivity contribution in [1.29, 1.82) is 0 Å². The monoisotopic (exact) mass is 352 g/mol. The molecule has 2 fully saturated rings. The molecule has 1 atom stereocenters. The lowest BCUT2D eigenvalue weighted by Crippen LogP contribution is -2.52. The summed E-state index contributed by atoms with van der Waals surface area (Å²) in [5, 5.41) is 3.40. The minimum Gasteiger partial charge on any atom is -0.378 e. The summed E-state index contributed by atoms with van der Waals surface area (Å²) in [6, 6.07) is 0. The van der Waals surface area contributed by atoms with Crippen LogP contribution in [-0.2, 0) is 19.7 Å². The van der Waals surface area contributed by atoms with Crippen LogP contribution in [-0.4, -0.2) is 54.8 Å². The first-order valence-corrected chi connectivity index (χ1v) is 9.62. The lowest BCUT2D eigenvalue weighted by molar-refractivity contribution is -0.156. The molecule has 134 valence electrons. The molecule has 2 aliphatic heterocycles. The zero-order valence-corrected chi connectivity index (χ0v) is 15.9. The Labute approximate surface area is 148 Å². The van der Waals surface area contributed by atoms with Gasteiger partial charge in [0.2, 0.25) is 0 Å². The molecular weight excluding hydrogens is 324 g/mol. The van der Waals surface area contributed by atoms with Gasteiger partial charge in [0, 0.05) is 43.3 Å². The van der Waals surface area contributed by atoms with Crippen LogP contribution in [0, 0.1) is 0 Å². The van der Waals surface area contributed by atoms with E-state index in [1.807, 2.05) is 4.90 Å². The van der Waals surface area contributed by atoms with Gasteiger partial charge in [-0.25, -0.2) is 4.98 Å². The molecule has 3 heterocycles. The molecule has 5 nitrogen and oxygen atoms in total. The Morgan fingerprint density at radius 1 is 1.42 bits per heavy atom. The summed E-state index contributed by atoms with van der Waals surface area (Å²) in [5.74, 6) is 0.559. The summed E-state index contributed by atoms with van der Waals surface area (Å²) in [7, 11) is 1.61. The summed E-state index contributed by atoms with van der Waals surface area (Å²) in [6.07, 6.45) is 2.61. The number of nitrogens with zero attached hydrogens (tertiary/aromatic N) is 2. The zero-order chi connectivity index (χ0) is 17.4. The Kier molecular flexibility index (Phi) is 5.00. The van der Waals surface area contributed by atoms with Crippen LogP contribution < -0.4 is 0 Å². The maximum absolute atomic E-state index is 12.8. The van der Waals surface area contributed by atoms with Crippen molar-refractivity contribution in [2.24, 2.45) is 0 Å². The lowest BCUT2D eigenvalue weighted by Gasteiger charge is -2.36. The predicted octanol–water partition coefficient (Wildman–Crippen LogP) is 2.95. The molecule has 1 unspecified atom stereocenters. The van der Waals surface area contributed by atoms with E-state index >= 15 is 0 Å². The van der Waals surface area contributed by atoms with Crippen LogP contribution in [0.5, 0.6) is 0 Å². The molecule has 2 saturated heterocycles. The van der Waals surface area contributed by atoms with Crippen molar-refractivity contribution in [1.82, 2.24) is 9.88 Å². The highest BCUT2D eigenvalue weighted by Crippen LogP contribution is 2.34. The molecule has 6 heteroatoms. The van der Waals surface area contributed by atoms with Crippen molar-refractivity contribution >= 4 is 17.2 Å². The fraction of sp³-hybridized carbons (Fsp3) is 0.778. The summed E-state index contributed by atoms with van der Waals surface area (Å²) in [6.45, 7) is 9.12. The van der Waals surface area contributed by atoms with E-state index in [0.29, 0.717) is 25.6 Å². The minimum absolute atomic E-state index is 0.0930. The zero-order valence-electron chi connectivity index (χ0n) is 15.1. The highest BCUT2D eigenvalue weighted by Gasteiger charge is 2.45. The van der Waals surface area contributed by atoms with Crippen molar-refractivity contribution < 1.29 is 14.3 Å². The maximum Gasteiger partial charge on any atom is 0.257 e. The molecule has 2 aliphatic rings. The van der Waals surface area contributed by atoms with Gasteiger partial charge in [-0.1, -0.05) is 20.8 Å². The third-order valence-corrected chi connectivity index (χ3v) is 6.19. The Hall–Kier alpha value is -0.980. The van der Waals surface area contributed by atoms with E-state index in [1.165, 1.54) is 10.7 Å². The number of ether oxygens (including phenoxy) is 2. The molecule has 1 aromatic heterocycles. The number of aromatic nitrogens is 1. The lowest BCUT2D eigenvalue weighted by atomic mass is 9.92. The van der Waals surface area contributed by atoms with Gasteiger partial charge in [-0.05, 0) is 12.8 Å². The summed E-state index contributed by atoms with van der Waals surface area (Å²) < 4.78 is 10.9. The van der Waals surface area contributed by atoms with Gasteiger partial charge in [-0.15, -0.1) is 11.3 Å². The van der Waals surface area contributed by atoms with Crippen LogP contribution >= 0.6 is 11.3 Å². The van der Waals surface area contributed by atoms with Crippen LogP contribution in [0.2, 0.25) is 0 Å². The van der Waals surface area contributed by atoms with Gasteiger partial charge < -0.3 is 14.4 Å². The standard InChI is InChI=1S/C18H28N2O3S/c1-17(2,3)14-11-24-15(19-14)13-5-8-20(9-6-13)16(21)18(22-4)7-10-23-12-18/h11,13H,5-10,12H2,1-4H3. The fourth-order valence-electron chi connectivity index (χ4n) is 3.40. The van der Waals surface area contributed by atoms with Crippen molar-refractivity contribution in [3.63, 3.8) is 0 Å². The number of piperidine rings is 1. The Morgan fingerprint density at radius 3 is 2.62 bits per heavy atom. The van der Waals surface area contributed by atoms with E-state index in [9.17, 15) is 4.79 Å². The Balaban J connectivity index is 1.61. The quantitative estimate of drug-likeness (QED) is 0.839. The first-order valence-electron chi connectivity index (χ1n) is 8.74. The molecule has 0 aromatic carbocycles. The molecule has 3 rings (SSSR count).